The Morgan fingerprint density at radius 2 is 1.83 bits per heavy atom. The van der Waals surface area contributed by atoms with E-state index in [4.69, 9.17) is 0 Å². The Hall–Kier alpha value is -1.55. The summed E-state index contributed by atoms with van der Waals surface area (Å²) in [5.74, 6) is 0.956. The van der Waals surface area contributed by atoms with Gasteiger partial charge in [0.2, 0.25) is 0 Å². The van der Waals surface area contributed by atoms with Crippen LogP contribution in [0.2, 0.25) is 0 Å². The molecule has 94 valence electrons. The maximum Gasteiger partial charge on any atom is 0.187 e. The zero-order chi connectivity index (χ0) is 12.8. The second-order valence-electron chi connectivity index (χ2n) is 4.13. The number of nitrogens with one attached hydrogen (secondary N) is 1. The molecule has 1 N–H and O–H groups in total. The van der Waals surface area contributed by atoms with Crippen LogP contribution < -0.4 is 5.32 Å². The Labute approximate surface area is 112 Å². The largest absolute Gasteiger partial charge is 0.384 e. The molecule has 1 aromatic heterocycles. The molecule has 0 spiro atoms. The summed E-state index contributed by atoms with van der Waals surface area (Å²) in [5, 5.41) is 4.26. The molecule has 2 rings (SSSR count). The van der Waals surface area contributed by atoms with E-state index in [9.17, 15) is 0 Å². The predicted molar refractivity (Wildman–Crippen MR) is 77.2 cm³/mol. The topological polar surface area (TPSA) is 37.8 Å². The van der Waals surface area contributed by atoms with E-state index in [1.165, 1.54) is 11.3 Å². The summed E-state index contributed by atoms with van der Waals surface area (Å²) < 4.78 is 0. The highest BCUT2D eigenvalue weighted by atomic mass is 32.2. The lowest BCUT2D eigenvalue weighted by molar-refractivity contribution is 0.949. The Morgan fingerprint density at radius 1 is 1.11 bits per heavy atom. The van der Waals surface area contributed by atoms with E-state index in [0.29, 0.717) is 0 Å². The van der Waals surface area contributed by atoms with Crippen LogP contribution in [0.4, 0.5) is 5.69 Å². The second kappa shape index (κ2) is 6.40. The fourth-order valence-electron chi connectivity index (χ4n) is 1.55. The molecule has 3 nitrogen and oxygen atoms in total. The fourth-order valence-corrected chi connectivity index (χ4v) is 2.20. The number of nitrogens with zero attached hydrogens (tertiary/aromatic N) is 2. The van der Waals surface area contributed by atoms with Gasteiger partial charge in [0.1, 0.15) is 0 Å². The minimum absolute atomic E-state index is 0.840. The molecule has 0 unspecified atom stereocenters. The molecule has 0 fully saturated rings. The molecule has 1 heterocycles. The standard InChI is InChI=1S/C14H17N3S/c1-11-9-16-14(17-10-11)18-8-7-15-13-6-4-3-5-12(13)2/h3-6,9-10,15H,7-8H2,1-2H3. The first kappa shape index (κ1) is 12.9. The van der Waals surface area contributed by atoms with Gasteiger partial charge in [0.15, 0.2) is 5.16 Å². The van der Waals surface area contributed by atoms with Gasteiger partial charge in [-0.05, 0) is 31.0 Å². The summed E-state index contributed by atoms with van der Waals surface area (Å²) in [6.07, 6.45) is 3.70. The van der Waals surface area contributed by atoms with Crippen molar-refractivity contribution < 1.29 is 0 Å². The summed E-state index contributed by atoms with van der Waals surface area (Å²) in [7, 11) is 0. The zero-order valence-electron chi connectivity index (χ0n) is 10.7. The van der Waals surface area contributed by atoms with Crippen molar-refractivity contribution in [3.05, 3.63) is 47.8 Å². The predicted octanol–water partition coefficient (Wildman–Crippen LogP) is 3.30. The van der Waals surface area contributed by atoms with Gasteiger partial charge in [0.25, 0.3) is 0 Å². The summed E-state index contributed by atoms with van der Waals surface area (Å²) in [5.41, 5.74) is 3.56. The van der Waals surface area contributed by atoms with Crippen LogP contribution in [0.5, 0.6) is 0 Å². The number of para-hydroxylation sites is 1. The molecule has 0 aliphatic heterocycles. The minimum Gasteiger partial charge on any atom is -0.384 e. The second-order valence-corrected chi connectivity index (χ2v) is 5.20. The lowest BCUT2D eigenvalue weighted by atomic mass is 10.2. The van der Waals surface area contributed by atoms with Gasteiger partial charge >= 0.3 is 0 Å². The van der Waals surface area contributed by atoms with Crippen molar-refractivity contribution in [1.29, 1.82) is 0 Å². The van der Waals surface area contributed by atoms with Crippen LogP contribution in [0, 0.1) is 13.8 Å². The van der Waals surface area contributed by atoms with Crippen LogP contribution in [0.3, 0.4) is 0 Å². The average Bonchev–Trinajstić information content (AvgIpc) is 2.39. The van der Waals surface area contributed by atoms with E-state index in [0.717, 1.165) is 23.0 Å². The summed E-state index contributed by atoms with van der Waals surface area (Å²) in [4.78, 5) is 8.53. The maximum absolute atomic E-state index is 4.26. The molecule has 0 bridgehead atoms. The van der Waals surface area contributed by atoms with Gasteiger partial charge in [-0.3, -0.25) is 0 Å². The number of hydrogen-bond acceptors (Lipinski definition) is 4. The fraction of sp³-hybridized carbons (Fsp3) is 0.286. The van der Waals surface area contributed by atoms with Crippen molar-refractivity contribution in [2.45, 2.75) is 19.0 Å². The quantitative estimate of drug-likeness (QED) is 0.508. The average molecular weight is 259 g/mol. The number of aryl methyl sites for hydroxylation is 2. The number of anilines is 1. The van der Waals surface area contributed by atoms with E-state index in [-0.39, 0.29) is 0 Å². The van der Waals surface area contributed by atoms with E-state index in [1.54, 1.807) is 11.8 Å². The lowest BCUT2D eigenvalue weighted by Crippen LogP contribution is -2.05. The third kappa shape index (κ3) is 3.74. The number of rotatable bonds is 5. The number of hydrogen-bond donors (Lipinski definition) is 1. The van der Waals surface area contributed by atoms with Gasteiger partial charge in [-0.2, -0.15) is 0 Å². The highest BCUT2D eigenvalue weighted by molar-refractivity contribution is 7.99. The number of benzene rings is 1. The molecule has 0 aliphatic rings. The van der Waals surface area contributed by atoms with Gasteiger partial charge < -0.3 is 5.32 Å². The number of thioether (sulfide) groups is 1. The third-order valence-electron chi connectivity index (χ3n) is 2.55. The van der Waals surface area contributed by atoms with Crippen LogP contribution in [0.25, 0.3) is 0 Å². The molecule has 18 heavy (non-hydrogen) atoms. The smallest absolute Gasteiger partial charge is 0.187 e. The van der Waals surface area contributed by atoms with Crippen LogP contribution >= 0.6 is 11.8 Å². The van der Waals surface area contributed by atoms with Crippen molar-refractivity contribution in [3.63, 3.8) is 0 Å². The van der Waals surface area contributed by atoms with E-state index in [2.05, 4.69) is 40.4 Å². The maximum atomic E-state index is 4.26. The molecule has 0 saturated heterocycles. The highest BCUT2D eigenvalue weighted by Crippen LogP contribution is 2.15. The molecule has 4 heteroatoms. The zero-order valence-corrected chi connectivity index (χ0v) is 11.5. The minimum atomic E-state index is 0.840. The summed E-state index contributed by atoms with van der Waals surface area (Å²) in [6, 6.07) is 8.31. The van der Waals surface area contributed by atoms with Crippen molar-refractivity contribution in [2.75, 3.05) is 17.6 Å². The van der Waals surface area contributed by atoms with Crippen LogP contribution in [-0.2, 0) is 0 Å². The molecular weight excluding hydrogens is 242 g/mol. The first-order valence-corrected chi connectivity index (χ1v) is 6.95. The van der Waals surface area contributed by atoms with Crippen molar-refractivity contribution >= 4 is 17.4 Å². The Bertz CT molecular complexity index is 497. The third-order valence-corrected chi connectivity index (χ3v) is 3.43. The normalized spacial score (nSPS) is 10.3. The molecule has 0 radical (unpaired) electrons. The molecule has 0 atom stereocenters. The molecular formula is C14H17N3S. The Morgan fingerprint density at radius 3 is 2.56 bits per heavy atom. The monoisotopic (exact) mass is 259 g/mol. The van der Waals surface area contributed by atoms with E-state index >= 15 is 0 Å². The van der Waals surface area contributed by atoms with E-state index in [1.807, 2.05) is 25.4 Å². The van der Waals surface area contributed by atoms with E-state index < -0.39 is 0 Å². The highest BCUT2D eigenvalue weighted by Gasteiger charge is 1.98. The Balaban J connectivity index is 1.76. The van der Waals surface area contributed by atoms with Crippen LogP contribution in [-0.4, -0.2) is 22.3 Å². The van der Waals surface area contributed by atoms with Crippen molar-refractivity contribution in [2.24, 2.45) is 0 Å². The van der Waals surface area contributed by atoms with Gasteiger partial charge in [-0.1, -0.05) is 30.0 Å². The molecule has 0 saturated carbocycles. The molecule has 1 aromatic carbocycles. The lowest BCUT2D eigenvalue weighted by Gasteiger charge is -2.08. The first-order chi connectivity index (χ1) is 8.75. The van der Waals surface area contributed by atoms with Gasteiger partial charge in [-0.15, -0.1) is 0 Å². The van der Waals surface area contributed by atoms with Gasteiger partial charge in [-0.25, -0.2) is 9.97 Å². The van der Waals surface area contributed by atoms with Crippen LogP contribution in [0.1, 0.15) is 11.1 Å². The molecule has 0 amide bonds. The summed E-state index contributed by atoms with van der Waals surface area (Å²) >= 11 is 1.67. The number of aromatic nitrogens is 2. The van der Waals surface area contributed by atoms with Crippen molar-refractivity contribution in [1.82, 2.24) is 9.97 Å². The molecule has 2 aromatic rings. The first-order valence-electron chi connectivity index (χ1n) is 5.96. The SMILES string of the molecule is Cc1cnc(SCCNc2ccccc2C)nc1. The summed E-state index contributed by atoms with van der Waals surface area (Å²) in [6.45, 7) is 5.01. The van der Waals surface area contributed by atoms with Crippen LogP contribution in [0.15, 0.2) is 41.8 Å². The van der Waals surface area contributed by atoms with Gasteiger partial charge in [0.05, 0.1) is 0 Å². The van der Waals surface area contributed by atoms with Gasteiger partial charge in [0, 0.05) is 30.4 Å². The Kier molecular flexibility index (Phi) is 4.59. The van der Waals surface area contributed by atoms with Crippen molar-refractivity contribution in [3.8, 4) is 0 Å². The molecule has 0 aliphatic carbocycles.